The number of carbonyl (C=O) groups excluding carboxylic acids is 4. The number of esters is 1. The fourth-order valence-corrected chi connectivity index (χ4v) is 6.84. The molecule has 0 bridgehead atoms. The first kappa shape index (κ1) is 30.7. The van der Waals surface area contributed by atoms with Crippen molar-refractivity contribution in [2.24, 2.45) is 0 Å². The number of ether oxygens (including phenoxy) is 2. The fourth-order valence-electron chi connectivity index (χ4n) is 5.75. The molecule has 0 saturated carbocycles. The molecular weight excluding hydrogens is 602 g/mol. The number of Topliss-reactive ketones (excluding diaryl/α,β-unsaturated/α-hetero) is 1. The minimum absolute atomic E-state index is 0.0412. The lowest BCUT2D eigenvalue weighted by molar-refractivity contribution is -0.121. The molecule has 1 aliphatic carbocycles. The summed E-state index contributed by atoms with van der Waals surface area (Å²) in [5, 5.41) is 9.63. The van der Waals surface area contributed by atoms with E-state index in [0.29, 0.717) is 33.5 Å². The summed E-state index contributed by atoms with van der Waals surface area (Å²) in [6.45, 7) is -0.441. The van der Waals surface area contributed by atoms with Crippen molar-refractivity contribution in [2.75, 3.05) is 18.6 Å². The monoisotopic (exact) mass is 631 g/mol. The second-order valence-electron chi connectivity index (χ2n) is 11.1. The zero-order valence-corrected chi connectivity index (χ0v) is 25.8. The maximum Gasteiger partial charge on any atom is 0.338 e. The third-order valence-electron chi connectivity index (χ3n) is 8.21. The molecule has 9 nitrogen and oxygen atoms in total. The van der Waals surface area contributed by atoms with Crippen LogP contribution in [-0.2, 0) is 27.2 Å². The van der Waals surface area contributed by atoms with Crippen molar-refractivity contribution in [1.29, 1.82) is 5.26 Å². The number of methoxy groups -OCH3 is 1. The van der Waals surface area contributed by atoms with Crippen molar-refractivity contribution >= 4 is 41.0 Å². The summed E-state index contributed by atoms with van der Waals surface area (Å²) in [5.41, 5.74) is 4.49. The zero-order valence-electron chi connectivity index (χ0n) is 25.0. The van der Waals surface area contributed by atoms with Gasteiger partial charge < -0.3 is 9.47 Å². The molecule has 1 fully saturated rings. The third-order valence-corrected chi connectivity index (χ3v) is 9.40. The van der Waals surface area contributed by atoms with E-state index in [1.54, 1.807) is 24.3 Å². The molecule has 1 saturated heterocycles. The number of nitrogens with zero attached hydrogens (tertiary/aromatic N) is 3. The maximum atomic E-state index is 13.4. The smallest absolute Gasteiger partial charge is 0.338 e. The molecule has 1 aliphatic heterocycles. The van der Waals surface area contributed by atoms with Gasteiger partial charge in [-0.1, -0.05) is 42.1 Å². The predicted molar refractivity (Wildman–Crippen MR) is 171 cm³/mol. The number of anilines is 1. The van der Waals surface area contributed by atoms with Gasteiger partial charge in [0.05, 0.1) is 29.2 Å². The predicted octanol–water partition coefficient (Wildman–Crippen LogP) is 5.70. The first-order chi connectivity index (χ1) is 22.3. The van der Waals surface area contributed by atoms with E-state index in [0.717, 1.165) is 47.2 Å². The Morgan fingerprint density at radius 1 is 0.978 bits per heavy atom. The average molecular weight is 632 g/mol. The Bertz CT molecular complexity index is 1850. The van der Waals surface area contributed by atoms with Gasteiger partial charge in [0, 0.05) is 17.7 Å². The van der Waals surface area contributed by atoms with Gasteiger partial charge in [-0.3, -0.25) is 14.4 Å². The number of ketones is 1. The van der Waals surface area contributed by atoms with Gasteiger partial charge in [0.1, 0.15) is 16.8 Å². The lowest BCUT2D eigenvalue weighted by Gasteiger charge is -2.25. The van der Waals surface area contributed by atoms with Crippen molar-refractivity contribution in [1.82, 2.24) is 4.98 Å². The van der Waals surface area contributed by atoms with Crippen LogP contribution in [0.15, 0.2) is 90.0 Å². The first-order valence-corrected chi connectivity index (χ1v) is 15.7. The second-order valence-corrected chi connectivity index (χ2v) is 12.3. The molecule has 230 valence electrons. The van der Waals surface area contributed by atoms with E-state index in [2.05, 4.69) is 18.2 Å². The number of benzene rings is 3. The Kier molecular flexibility index (Phi) is 8.94. The normalized spacial score (nSPS) is 17.3. The number of carbonyl (C=O) groups is 4. The van der Waals surface area contributed by atoms with Crippen molar-refractivity contribution in [3.8, 4) is 11.8 Å². The van der Waals surface area contributed by atoms with Gasteiger partial charge in [-0.25, -0.2) is 14.7 Å². The molecule has 46 heavy (non-hydrogen) atoms. The number of imide groups is 1. The van der Waals surface area contributed by atoms with Crippen LogP contribution in [0.25, 0.3) is 0 Å². The molecule has 0 radical (unpaired) electrons. The Hall–Kier alpha value is -5.27. The number of aromatic nitrogens is 1. The molecule has 6 rings (SSSR count). The number of fused-ring (bicyclic) bond motifs is 1. The highest BCUT2D eigenvalue weighted by atomic mass is 32.2. The summed E-state index contributed by atoms with van der Waals surface area (Å²) in [4.78, 5) is 57.3. The SMILES string of the molecule is COc1ccc(C(=O)COC(=O)c2ccc(N3C(=O)CC(Sc4nc5c(cc4C#N)CC(c4ccccc4)CC5)C3=O)cc2)cc1. The Balaban J connectivity index is 1.09. The van der Waals surface area contributed by atoms with Crippen LogP contribution in [0.4, 0.5) is 5.69 Å². The molecule has 4 aromatic rings. The largest absolute Gasteiger partial charge is 0.497 e. The van der Waals surface area contributed by atoms with Crippen LogP contribution in [0.5, 0.6) is 5.75 Å². The molecule has 2 atom stereocenters. The second kappa shape index (κ2) is 13.4. The number of thioether (sulfide) groups is 1. The number of nitriles is 1. The number of rotatable bonds is 9. The number of hydrogen-bond acceptors (Lipinski definition) is 9. The lowest BCUT2D eigenvalue weighted by atomic mass is 9.82. The van der Waals surface area contributed by atoms with Crippen LogP contribution in [0.3, 0.4) is 0 Å². The van der Waals surface area contributed by atoms with E-state index in [1.165, 1.54) is 36.9 Å². The van der Waals surface area contributed by atoms with Crippen molar-refractivity contribution < 1.29 is 28.7 Å². The molecule has 0 N–H and O–H groups in total. The van der Waals surface area contributed by atoms with Gasteiger partial charge in [-0.05, 0) is 90.9 Å². The molecule has 2 heterocycles. The van der Waals surface area contributed by atoms with E-state index in [1.807, 2.05) is 24.3 Å². The summed E-state index contributed by atoms with van der Waals surface area (Å²) in [6.07, 6.45) is 2.46. The van der Waals surface area contributed by atoms with Crippen LogP contribution in [0.1, 0.15) is 61.9 Å². The quantitative estimate of drug-likeness (QED) is 0.130. The zero-order chi connectivity index (χ0) is 32.2. The topological polar surface area (TPSA) is 127 Å². The van der Waals surface area contributed by atoms with E-state index < -0.39 is 23.7 Å². The van der Waals surface area contributed by atoms with Gasteiger partial charge in [-0.15, -0.1) is 0 Å². The Morgan fingerprint density at radius 3 is 2.39 bits per heavy atom. The number of pyridine rings is 1. The summed E-state index contributed by atoms with van der Waals surface area (Å²) in [6, 6.07) is 26.7. The van der Waals surface area contributed by atoms with Crippen molar-refractivity contribution in [3.05, 3.63) is 118 Å². The highest BCUT2D eigenvalue weighted by Gasteiger charge is 2.41. The summed E-state index contributed by atoms with van der Waals surface area (Å²) >= 11 is 1.14. The van der Waals surface area contributed by atoms with Crippen LogP contribution < -0.4 is 9.64 Å². The van der Waals surface area contributed by atoms with Crippen LogP contribution >= 0.6 is 11.8 Å². The highest BCUT2D eigenvalue weighted by molar-refractivity contribution is 8.00. The molecule has 2 unspecified atom stereocenters. The van der Waals surface area contributed by atoms with Gasteiger partial charge in [0.15, 0.2) is 12.4 Å². The van der Waals surface area contributed by atoms with Gasteiger partial charge in [0.25, 0.3) is 0 Å². The van der Waals surface area contributed by atoms with Crippen LogP contribution in [0, 0.1) is 11.3 Å². The molecule has 3 aromatic carbocycles. The Labute approximate surface area is 270 Å². The molecule has 1 aromatic heterocycles. The fraction of sp³-hybridized carbons (Fsp3) is 0.222. The Morgan fingerprint density at radius 2 is 1.70 bits per heavy atom. The van der Waals surface area contributed by atoms with Gasteiger partial charge in [0.2, 0.25) is 11.8 Å². The molecular formula is C36H29N3O6S. The van der Waals surface area contributed by atoms with Gasteiger partial charge in [-0.2, -0.15) is 5.26 Å². The average Bonchev–Trinajstić information content (AvgIpc) is 3.38. The third kappa shape index (κ3) is 6.41. The molecule has 0 spiro atoms. The van der Waals surface area contributed by atoms with E-state index in [-0.39, 0.29) is 23.7 Å². The van der Waals surface area contributed by atoms with Crippen LogP contribution in [-0.4, -0.2) is 47.5 Å². The van der Waals surface area contributed by atoms with E-state index in [9.17, 15) is 24.4 Å². The van der Waals surface area contributed by atoms with Crippen LogP contribution in [0.2, 0.25) is 0 Å². The van der Waals surface area contributed by atoms with E-state index in [4.69, 9.17) is 14.5 Å². The van der Waals surface area contributed by atoms with E-state index >= 15 is 0 Å². The number of aryl methyl sites for hydroxylation is 1. The van der Waals surface area contributed by atoms with Gasteiger partial charge >= 0.3 is 5.97 Å². The molecule has 10 heteroatoms. The highest BCUT2D eigenvalue weighted by Crippen LogP contribution is 2.38. The minimum Gasteiger partial charge on any atom is -0.497 e. The standard InChI is InChI=1S/C36H29N3O6S/c1-44-29-14-9-23(10-15-29)31(40)21-45-36(43)24-7-12-28(13-8-24)39-33(41)19-32(35(39)42)46-34-27(20-37)18-26-17-25(11-16-30(26)38-34)22-5-3-2-4-6-22/h2-10,12-15,18,25,32H,11,16-17,19,21H2,1H3. The minimum atomic E-state index is -0.737. The number of hydrogen-bond donors (Lipinski definition) is 0. The number of amides is 2. The first-order valence-electron chi connectivity index (χ1n) is 14.8. The summed E-state index contributed by atoms with van der Waals surface area (Å²) < 4.78 is 10.3. The molecule has 2 aliphatic rings. The van der Waals surface area contributed by atoms with Crippen molar-refractivity contribution in [2.45, 2.75) is 41.9 Å². The summed E-state index contributed by atoms with van der Waals surface area (Å²) in [5.74, 6) is -0.910. The molecule has 2 amide bonds. The summed E-state index contributed by atoms with van der Waals surface area (Å²) in [7, 11) is 1.52. The lowest BCUT2D eigenvalue weighted by Crippen LogP contribution is -2.31. The maximum absolute atomic E-state index is 13.4. The van der Waals surface area contributed by atoms with Crippen molar-refractivity contribution in [3.63, 3.8) is 0 Å².